The summed E-state index contributed by atoms with van der Waals surface area (Å²) in [6.07, 6.45) is 13.6. The van der Waals surface area contributed by atoms with Gasteiger partial charge in [0.05, 0.1) is 0 Å². The lowest BCUT2D eigenvalue weighted by Gasteiger charge is -2.61. The summed E-state index contributed by atoms with van der Waals surface area (Å²) in [5, 5.41) is 7.47. The van der Waals surface area contributed by atoms with Crippen molar-refractivity contribution in [3.05, 3.63) is 0 Å². The molecule has 136 valence electrons. The molecule has 1 aliphatic heterocycles. The Morgan fingerprint density at radius 3 is 2.58 bits per heavy atom. The van der Waals surface area contributed by atoms with Gasteiger partial charge in [-0.2, -0.15) is 0 Å². The summed E-state index contributed by atoms with van der Waals surface area (Å²) < 4.78 is 0. The highest BCUT2D eigenvalue weighted by Gasteiger charge is 2.63. The molecular weight excluding hydrogens is 292 g/mol. The van der Waals surface area contributed by atoms with Crippen LogP contribution in [0.1, 0.15) is 71.6 Å². The van der Waals surface area contributed by atoms with Crippen LogP contribution >= 0.6 is 0 Å². The molecule has 0 bridgehead atoms. The van der Waals surface area contributed by atoms with E-state index in [1.165, 1.54) is 38.6 Å². The molecule has 2 nitrogen and oxygen atoms in total. The van der Waals surface area contributed by atoms with E-state index in [1.807, 2.05) is 0 Å². The maximum Gasteiger partial charge on any atom is 0.00731 e. The SMILES string of the molecule is CN[C@H]1CC[C@@]2(C)[C@@H](CC[C@@H]3[C@@H]2CC[C@]24CN[C@@H](C)[C@H]2CC[C@@H]34)C1. The number of nitrogens with one attached hydrogen (secondary N) is 2. The molecular formula is C22H38N2. The van der Waals surface area contributed by atoms with Crippen molar-refractivity contribution < 1.29 is 0 Å². The monoisotopic (exact) mass is 330 g/mol. The third kappa shape index (κ3) is 1.96. The van der Waals surface area contributed by atoms with Crippen LogP contribution in [0.2, 0.25) is 0 Å². The van der Waals surface area contributed by atoms with Crippen molar-refractivity contribution >= 4 is 0 Å². The van der Waals surface area contributed by atoms with E-state index in [0.29, 0.717) is 10.8 Å². The molecule has 9 atom stereocenters. The Morgan fingerprint density at radius 1 is 0.917 bits per heavy atom. The number of rotatable bonds is 1. The van der Waals surface area contributed by atoms with Gasteiger partial charge in [0.2, 0.25) is 0 Å². The molecule has 0 unspecified atom stereocenters. The Labute approximate surface area is 148 Å². The third-order valence-electron chi connectivity index (χ3n) is 10.2. The average molecular weight is 331 g/mol. The van der Waals surface area contributed by atoms with Crippen molar-refractivity contribution in [3.63, 3.8) is 0 Å². The molecule has 0 aromatic carbocycles. The van der Waals surface area contributed by atoms with Crippen molar-refractivity contribution in [3.8, 4) is 0 Å². The molecule has 1 heterocycles. The summed E-state index contributed by atoms with van der Waals surface area (Å²) in [5.74, 6) is 5.15. The Kier molecular flexibility index (Phi) is 3.67. The van der Waals surface area contributed by atoms with Crippen LogP contribution in [0.25, 0.3) is 0 Å². The van der Waals surface area contributed by atoms with E-state index in [0.717, 1.165) is 41.7 Å². The minimum atomic E-state index is 0.660. The number of hydrogen-bond acceptors (Lipinski definition) is 2. The van der Waals surface area contributed by atoms with Crippen molar-refractivity contribution in [2.45, 2.75) is 83.7 Å². The molecule has 0 radical (unpaired) electrons. The highest BCUT2D eigenvalue weighted by atomic mass is 15.0. The fourth-order valence-corrected chi connectivity index (χ4v) is 8.96. The third-order valence-corrected chi connectivity index (χ3v) is 10.2. The van der Waals surface area contributed by atoms with Crippen LogP contribution in [-0.2, 0) is 0 Å². The minimum absolute atomic E-state index is 0.660. The predicted molar refractivity (Wildman–Crippen MR) is 99.9 cm³/mol. The normalized spacial score (nSPS) is 59.4. The molecule has 1 saturated heterocycles. The van der Waals surface area contributed by atoms with Crippen molar-refractivity contribution in [1.82, 2.24) is 10.6 Å². The van der Waals surface area contributed by atoms with Crippen molar-refractivity contribution in [2.75, 3.05) is 13.6 Å². The predicted octanol–water partition coefficient (Wildman–Crippen LogP) is 4.21. The van der Waals surface area contributed by atoms with Crippen LogP contribution in [0.3, 0.4) is 0 Å². The topological polar surface area (TPSA) is 24.1 Å². The summed E-state index contributed by atoms with van der Waals surface area (Å²) in [6, 6.07) is 1.58. The highest BCUT2D eigenvalue weighted by molar-refractivity contribution is 5.14. The zero-order valence-electron chi connectivity index (χ0n) is 16.1. The Bertz CT molecular complexity index is 504. The molecule has 24 heavy (non-hydrogen) atoms. The first-order valence-electron chi connectivity index (χ1n) is 11.0. The van der Waals surface area contributed by atoms with Gasteiger partial charge < -0.3 is 10.6 Å². The lowest BCUT2D eigenvalue weighted by molar-refractivity contribution is -0.112. The van der Waals surface area contributed by atoms with E-state index in [-0.39, 0.29) is 0 Å². The molecule has 2 N–H and O–H groups in total. The van der Waals surface area contributed by atoms with Gasteiger partial charge >= 0.3 is 0 Å². The molecule has 0 amide bonds. The van der Waals surface area contributed by atoms with Gasteiger partial charge in [0.15, 0.2) is 0 Å². The zero-order valence-corrected chi connectivity index (χ0v) is 16.1. The van der Waals surface area contributed by atoms with Crippen molar-refractivity contribution in [1.29, 1.82) is 0 Å². The second-order valence-electron chi connectivity index (χ2n) is 10.5. The molecule has 4 aliphatic carbocycles. The fraction of sp³-hybridized carbons (Fsp3) is 1.00. The van der Waals surface area contributed by atoms with Gasteiger partial charge in [0.25, 0.3) is 0 Å². The van der Waals surface area contributed by atoms with Crippen LogP contribution in [0.5, 0.6) is 0 Å². The quantitative estimate of drug-likeness (QED) is 0.753. The second-order valence-corrected chi connectivity index (χ2v) is 10.5. The molecule has 0 aromatic heterocycles. The van der Waals surface area contributed by atoms with Crippen LogP contribution in [-0.4, -0.2) is 25.7 Å². The maximum atomic E-state index is 3.88. The van der Waals surface area contributed by atoms with Gasteiger partial charge in [-0.1, -0.05) is 6.92 Å². The van der Waals surface area contributed by atoms with E-state index < -0.39 is 0 Å². The smallest absolute Gasteiger partial charge is 0.00731 e. The summed E-state index contributed by atoms with van der Waals surface area (Å²) in [7, 11) is 2.18. The standard InChI is InChI=1S/C22H38N2/c1-14-18-6-7-20-17-5-4-15-12-16(23-3)8-10-21(15,2)19(17)9-11-22(18,20)13-24-14/h14-20,23-24H,4-13H2,1-3H3/t14-,15-,16-,17+,18+,19-,20-,21-,22-/m0/s1. The van der Waals surface area contributed by atoms with Gasteiger partial charge in [0.1, 0.15) is 0 Å². The molecule has 5 rings (SSSR count). The minimum Gasteiger partial charge on any atom is -0.317 e. The van der Waals surface area contributed by atoms with E-state index in [2.05, 4.69) is 31.5 Å². The Balaban J connectivity index is 1.42. The van der Waals surface area contributed by atoms with Gasteiger partial charge in [-0.05, 0) is 112 Å². The molecule has 5 fully saturated rings. The summed E-state index contributed by atoms with van der Waals surface area (Å²) >= 11 is 0. The van der Waals surface area contributed by atoms with Gasteiger partial charge in [-0.25, -0.2) is 0 Å². The molecule has 1 spiro atoms. The van der Waals surface area contributed by atoms with Gasteiger partial charge in [-0.3, -0.25) is 0 Å². The van der Waals surface area contributed by atoms with Crippen LogP contribution in [0, 0.1) is 40.4 Å². The molecule has 4 saturated carbocycles. The lowest BCUT2D eigenvalue weighted by Crippen LogP contribution is -2.55. The first kappa shape index (κ1) is 16.1. The van der Waals surface area contributed by atoms with Gasteiger partial charge in [-0.15, -0.1) is 0 Å². The largest absolute Gasteiger partial charge is 0.317 e. The molecule has 2 heteroatoms. The van der Waals surface area contributed by atoms with E-state index >= 15 is 0 Å². The molecule has 5 aliphatic rings. The second kappa shape index (κ2) is 5.46. The Morgan fingerprint density at radius 2 is 1.75 bits per heavy atom. The van der Waals surface area contributed by atoms with Gasteiger partial charge in [0, 0.05) is 18.6 Å². The van der Waals surface area contributed by atoms with Crippen LogP contribution in [0.4, 0.5) is 0 Å². The first-order chi connectivity index (χ1) is 11.6. The average Bonchev–Trinajstić information content (AvgIpc) is 3.12. The number of fused-ring (bicyclic) bond motifs is 4. The Hall–Kier alpha value is -0.0800. The van der Waals surface area contributed by atoms with E-state index in [4.69, 9.17) is 0 Å². The zero-order chi connectivity index (χ0) is 16.5. The van der Waals surface area contributed by atoms with E-state index in [9.17, 15) is 0 Å². The van der Waals surface area contributed by atoms with E-state index in [1.54, 1.807) is 25.7 Å². The lowest BCUT2D eigenvalue weighted by atomic mass is 9.44. The molecule has 0 aromatic rings. The maximum absolute atomic E-state index is 3.88. The highest BCUT2D eigenvalue weighted by Crippen LogP contribution is 2.68. The van der Waals surface area contributed by atoms with Crippen LogP contribution < -0.4 is 10.6 Å². The summed E-state index contributed by atoms with van der Waals surface area (Å²) in [6.45, 7) is 6.51. The van der Waals surface area contributed by atoms with Crippen molar-refractivity contribution in [2.24, 2.45) is 40.4 Å². The summed E-state index contributed by atoms with van der Waals surface area (Å²) in [4.78, 5) is 0. The summed E-state index contributed by atoms with van der Waals surface area (Å²) in [5.41, 5.74) is 1.36. The first-order valence-corrected chi connectivity index (χ1v) is 11.0. The fourth-order valence-electron chi connectivity index (χ4n) is 8.96. The number of hydrogen-bond donors (Lipinski definition) is 2. The van der Waals surface area contributed by atoms with Crippen LogP contribution in [0.15, 0.2) is 0 Å².